The largest absolute Gasteiger partial charge is 0.370 e. The van der Waals surface area contributed by atoms with E-state index in [1.807, 2.05) is 0 Å². The molecule has 3 nitrogen and oxygen atoms in total. The van der Waals surface area contributed by atoms with Crippen LogP contribution in [0.25, 0.3) is 0 Å². The molecule has 2 rings (SSSR count). The Labute approximate surface area is 87.6 Å². The van der Waals surface area contributed by atoms with Crippen molar-refractivity contribution in [3.8, 4) is 0 Å². The average Bonchev–Trinajstić information content (AvgIpc) is 2.59. The van der Waals surface area contributed by atoms with Crippen LogP contribution in [0.2, 0.25) is 0 Å². The lowest BCUT2D eigenvalue weighted by Gasteiger charge is -2.29. The third-order valence-corrected chi connectivity index (χ3v) is 4.74. The number of rotatable bonds is 3. The third kappa shape index (κ3) is 1.89. The summed E-state index contributed by atoms with van der Waals surface area (Å²) in [6.45, 7) is 0. The Morgan fingerprint density at radius 3 is 2.20 bits per heavy atom. The fourth-order valence-electron chi connectivity index (χ4n) is 3.09. The van der Waals surface area contributed by atoms with E-state index in [0.29, 0.717) is 25.2 Å². The Morgan fingerprint density at radius 2 is 1.87 bits per heavy atom. The van der Waals surface area contributed by atoms with Crippen LogP contribution in [0.1, 0.15) is 38.5 Å². The van der Waals surface area contributed by atoms with Gasteiger partial charge in [0.2, 0.25) is 0 Å². The molecule has 2 aliphatic rings. The highest BCUT2D eigenvalue weighted by molar-refractivity contribution is 7.86. The molecule has 0 heterocycles. The summed E-state index contributed by atoms with van der Waals surface area (Å²) >= 11 is 0. The summed E-state index contributed by atoms with van der Waals surface area (Å²) < 4.78 is 55.9. The standard InChI is InChI=1S/C9H14F2O3S/c10-9(11,15(12,13)14)6-8-3-1-7(5-8)2-4-8/h7H,1-6H2,(H,12,13,14). The Bertz CT molecular complexity index is 356. The summed E-state index contributed by atoms with van der Waals surface area (Å²) in [7, 11) is -5.25. The molecule has 0 aromatic carbocycles. The molecular formula is C9H14F2O3S. The maximum atomic E-state index is 13.2. The number of alkyl halides is 2. The summed E-state index contributed by atoms with van der Waals surface area (Å²) in [6, 6.07) is 0. The molecule has 2 saturated carbocycles. The Balaban J connectivity index is 2.15. The molecule has 0 radical (unpaired) electrons. The smallest absolute Gasteiger partial charge is 0.281 e. The molecule has 2 fully saturated rings. The number of fused-ring (bicyclic) bond motifs is 2. The topological polar surface area (TPSA) is 54.4 Å². The molecule has 1 N–H and O–H groups in total. The molecule has 0 saturated heterocycles. The molecule has 2 bridgehead atoms. The van der Waals surface area contributed by atoms with E-state index in [0.717, 1.165) is 12.8 Å². The van der Waals surface area contributed by atoms with Gasteiger partial charge in [0.25, 0.3) is 0 Å². The number of hydrogen-bond donors (Lipinski definition) is 1. The van der Waals surface area contributed by atoms with Gasteiger partial charge in [-0.25, -0.2) is 0 Å². The number of halogens is 2. The van der Waals surface area contributed by atoms with Crippen molar-refractivity contribution in [1.82, 2.24) is 0 Å². The molecule has 0 spiro atoms. The van der Waals surface area contributed by atoms with Gasteiger partial charge in [0.1, 0.15) is 0 Å². The van der Waals surface area contributed by atoms with Crippen molar-refractivity contribution < 1.29 is 21.8 Å². The first-order chi connectivity index (χ1) is 6.74. The minimum atomic E-state index is -5.25. The highest BCUT2D eigenvalue weighted by Gasteiger charge is 2.55. The van der Waals surface area contributed by atoms with E-state index in [4.69, 9.17) is 4.55 Å². The maximum Gasteiger partial charge on any atom is 0.370 e. The second-order valence-electron chi connectivity index (χ2n) is 4.94. The Kier molecular flexibility index (Phi) is 2.35. The van der Waals surface area contributed by atoms with Crippen LogP contribution in [-0.4, -0.2) is 18.2 Å². The van der Waals surface area contributed by atoms with Crippen molar-refractivity contribution in [2.24, 2.45) is 11.3 Å². The average molecular weight is 240 g/mol. The zero-order valence-corrected chi connectivity index (χ0v) is 9.06. The van der Waals surface area contributed by atoms with Crippen molar-refractivity contribution >= 4 is 10.1 Å². The fourth-order valence-corrected chi connectivity index (χ4v) is 3.58. The van der Waals surface area contributed by atoms with E-state index in [1.165, 1.54) is 0 Å². The van der Waals surface area contributed by atoms with E-state index in [9.17, 15) is 17.2 Å². The van der Waals surface area contributed by atoms with Crippen LogP contribution in [0.3, 0.4) is 0 Å². The maximum absolute atomic E-state index is 13.2. The van der Waals surface area contributed by atoms with E-state index in [1.54, 1.807) is 0 Å². The van der Waals surface area contributed by atoms with Crippen LogP contribution in [0, 0.1) is 11.3 Å². The minimum Gasteiger partial charge on any atom is -0.281 e. The molecule has 0 aliphatic heterocycles. The quantitative estimate of drug-likeness (QED) is 0.771. The second kappa shape index (κ2) is 3.13. The Morgan fingerprint density at radius 1 is 1.33 bits per heavy atom. The molecule has 0 amide bonds. The molecule has 2 aliphatic carbocycles. The van der Waals surface area contributed by atoms with Gasteiger partial charge in [-0.2, -0.15) is 17.2 Å². The lowest BCUT2D eigenvalue weighted by Crippen LogP contribution is -2.34. The first kappa shape index (κ1) is 11.3. The van der Waals surface area contributed by atoms with Gasteiger partial charge in [0.05, 0.1) is 0 Å². The summed E-state index contributed by atoms with van der Waals surface area (Å²) in [4.78, 5) is 0. The van der Waals surface area contributed by atoms with Crippen LogP contribution >= 0.6 is 0 Å². The van der Waals surface area contributed by atoms with Crippen LogP contribution < -0.4 is 0 Å². The normalized spacial score (nSPS) is 36.1. The minimum absolute atomic E-state index is 0.488. The van der Waals surface area contributed by atoms with Crippen molar-refractivity contribution in [2.45, 2.75) is 43.8 Å². The molecule has 88 valence electrons. The van der Waals surface area contributed by atoms with Crippen LogP contribution in [-0.2, 0) is 10.1 Å². The molecule has 15 heavy (non-hydrogen) atoms. The SMILES string of the molecule is O=S(=O)(O)C(F)(F)CC12CCC(CC1)C2. The molecule has 0 atom stereocenters. The van der Waals surface area contributed by atoms with Gasteiger partial charge in [0, 0.05) is 6.42 Å². The van der Waals surface area contributed by atoms with Crippen molar-refractivity contribution in [1.29, 1.82) is 0 Å². The van der Waals surface area contributed by atoms with E-state index >= 15 is 0 Å². The van der Waals surface area contributed by atoms with Gasteiger partial charge in [-0.05, 0) is 43.4 Å². The van der Waals surface area contributed by atoms with Crippen LogP contribution in [0.4, 0.5) is 8.78 Å². The van der Waals surface area contributed by atoms with Crippen molar-refractivity contribution in [3.63, 3.8) is 0 Å². The highest BCUT2D eigenvalue weighted by Crippen LogP contribution is 2.58. The zero-order valence-electron chi connectivity index (χ0n) is 8.25. The number of hydrogen-bond acceptors (Lipinski definition) is 2. The molecule has 6 heteroatoms. The van der Waals surface area contributed by atoms with Gasteiger partial charge < -0.3 is 0 Å². The lowest BCUT2D eigenvalue weighted by molar-refractivity contribution is 0.0237. The van der Waals surface area contributed by atoms with E-state index < -0.39 is 27.2 Å². The third-order valence-electron chi connectivity index (χ3n) is 3.85. The Hall–Kier alpha value is -0.230. The second-order valence-corrected chi connectivity index (χ2v) is 6.48. The monoisotopic (exact) mass is 240 g/mol. The molecule has 0 unspecified atom stereocenters. The summed E-state index contributed by atoms with van der Waals surface area (Å²) in [5.74, 6) is 0.488. The predicted octanol–water partition coefficient (Wildman–Crippen LogP) is 2.44. The van der Waals surface area contributed by atoms with Gasteiger partial charge in [-0.1, -0.05) is 0 Å². The van der Waals surface area contributed by atoms with Crippen LogP contribution in [0.15, 0.2) is 0 Å². The molecular weight excluding hydrogens is 226 g/mol. The molecule has 0 aromatic heterocycles. The van der Waals surface area contributed by atoms with Gasteiger partial charge in [-0.15, -0.1) is 0 Å². The first-order valence-electron chi connectivity index (χ1n) is 5.09. The van der Waals surface area contributed by atoms with Gasteiger partial charge >= 0.3 is 15.4 Å². The lowest BCUT2D eigenvalue weighted by atomic mass is 9.81. The van der Waals surface area contributed by atoms with Crippen molar-refractivity contribution in [3.05, 3.63) is 0 Å². The zero-order chi connectivity index (χ0) is 11.3. The predicted molar refractivity (Wildman–Crippen MR) is 50.1 cm³/mol. The van der Waals surface area contributed by atoms with Gasteiger partial charge in [-0.3, -0.25) is 4.55 Å². The summed E-state index contributed by atoms with van der Waals surface area (Å²) in [5.41, 5.74) is -0.538. The summed E-state index contributed by atoms with van der Waals surface area (Å²) in [6.07, 6.45) is 3.15. The van der Waals surface area contributed by atoms with Crippen LogP contribution in [0.5, 0.6) is 0 Å². The van der Waals surface area contributed by atoms with E-state index in [-0.39, 0.29) is 0 Å². The fraction of sp³-hybridized carbons (Fsp3) is 1.00. The van der Waals surface area contributed by atoms with E-state index in [2.05, 4.69) is 0 Å². The highest BCUT2D eigenvalue weighted by atomic mass is 32.2. The van der Waals surface area contributed by atoms with Gasteiger partial charge in [0.15, 0.2) is 0 Å². The van der Waals surface area contributed by atoms with Crippen molar-refractivity contribution in [2.75, 3.05) is 0 Å². The summed E-state index contributed by atoms with van der Waals surface area (Å²) in [5, 5.41) is -3.98. The first-order valence-corrected chi connectivity index (χ1v) is 6.53. The molecule has 0 aromatic rings.